The molecule has 1 rings (SSSR count). The summed E-state index contributed by atoms with van der Waals surface area (Å²) in [5.41, 5.74) is 0. The van der Waals surface area contributed by atoms with Crippen LogP contribution < -0.4 is 4.74 Å². The molecule has 1 aromatic rings. The Kier molecular flexibility index (Phi) is 3.98. The van der Waals surface area contributed by atoms with Crippen LogP contribution in [0.25, 0.3) is 0 Å². The van der Waals surface area contributed by atoms with E-state index in [4.69, 9.17) is 5.11 Å². The number of hydrogen-bond donors (Lipinski definition) is 1. The zero-order valence-electron chi connectivity index (χ0n) is 5.65. The molecule has 3 nitrogen and oxygen atoms in total. The van der Waals surface area contributed by atoms with Gasteiger partial charge in [0, 0.05) is 17.0 Å². The largest absolute Gasteiger partial charge is 0.508 e. The molecule has 1 aromatic carbocycles. The number of rotatable bonds is 2. The van der Waals surface area contributed by atoms with E-state index >= 15 is 0 Å². The molecule has 0 fully saturated rings. The van der Waals surface area contributed by atoms with Gasteiger partial charge in [0.05, 0.1) is 0 Å². The van der Waals surface area contributed by atoms with Gasteiger partial charge in [-0.25, -0.2) is 0 Å². The second kappa shape index (κ2) is 4.51. The minimum absolute atomic E-state index is 0. The molecule has 0 aliphatic carbocycles. The van der Waals surface area contributed by atoms with E-state index in [0.717, 1.165) is 0 Å². The number of hydrogen-bond acceptors (Lipinski definition) is 3. The fourth-order valence-electron chi connectivity index (χ4n) is 0.612. The Balaban J connectivity index is 0.000001000. The summed E-state index contributed by atoms with van der Waals surface area (Å²) in [6.07, 6.45) is 0. The molecule has 0 spiro atoms. The third-order valence-electron chi connectivity index (χ3n) is 1.00. The van der Waals surface area contributed by atoms with Gasteiger partial charge in [0.1, 0.15) is 11.5 Å². The number of benzene rings is 1. The van der Waals surface area contributed by atoms with E-state index in [1.54, 1.807) is 12.1 Å². The number of aromatic hydroxyl groups is 1. The third kappa shape index (κ3) is 2.86. The Labute approximate surface area is 68.6 Å². The van der Waals surface area contributed by atoms with Crippen molar-refractivity contribution < 1.29 is 14.6 Å². The number of phenolic OH excluding ortho intramolecular Hbond substituents is 1. The van der Waals surface area contributed by atoms with Gasteiger partial charge in [0.15, 0.2) is 0 Å². The first kappa shape index (κ1) is 9.71. The van der Waals surface area contributed by atoms with Gasteiger partial charge in [-0.15, -0.1) is 0 Å². The van der Waals surface area contributed by atoms with Crippen molar-refractivity contribution >= 4 is 17.4 Å². The van der Waals surface area contributed by atoms with E-state index in [1.807, 2.05) is 0 Å². The lowest BCUT2D eigenvalue weighted by molar-refractivity contribution is -0.120. The van der Waals surface area contributed by atoms with E-state index in [9.17, 15) is 4.79 Å². The summed E-state index contributed by atoms with van der Waals surface area (Å²) in [6, 6.07) is 6.02. The molecular formula is C7H6O3Si. The first-order chi connectivity index (χ1) is 4.83. The second-order valence-electron chi connectivity index (χ2n) is 1.71. The lowest BCUT2D eigenvalue weighted by Gasteiger charge is -1.95. The lowest BCUT2D eigenvalue weighted by Crippen LogP contribution is -1.86. The van der Waals surface area contributed by atoms with Crippen molar-refractivity contribution in [3.8, 4) is 11.5 Å². The van der Waals surface area contributed by atoms with Crippen molar-refractivity contribution in [3.63, 3.8) is 0 Å². The van der Waals surface area contributed by atoms with Gasteiger partial charge in [-0.2, -0.15) is 0 Å². The molecule has 0 bridgehead atoms. The van der Waals surface area contributed by atoms with Crippen LogP contribution in [0, 0.1) is 0 Å². The molecule has 0 saturated heterocycles. The minimum Gasteiger partial charge on any atom is -0.508 e. The highest BCUT2D eigenvalue weighted by atomic mass is 28.1. The molecule has 4 heteroatoms. The maximum atomic E-state index is 9.78. The number of phenols is 1. The zero-order valence-corrected chi connectivity index (χ0v) is 6.65. The Morgan fingerprint density at radius 1 is 1.45 bits per heavy atom. The summed E-state index contributed by atoms with van der Waals surface area (Å²) in [4.78, 5) is 9.78. The molecule has 0 aliphatic rings. The maximum absolute atomic E-state index is 9.78. The molecule has 0 atom stereocenters. The molecule has 11 heavy (non-hydrogen) atoms. The summed E-state index contributed by atoms with van der Waals surface area (Å²) in [5.74, 6) is 0.425. The number of carbonyl (C=O) groups excluding carboxylic acids is 1. The Bertz CT molecular complexity index is 237. The molecule has 1 N–H and O–H groups in total. The van der Waals surface area contributed by atoms with Gasteiger partial charge in [-0.1, -0.05) is 6.07 Å². The van der Waals surface area contributed by atoms with Crippen LogP contribution in [0.4, 0.5) is 0 Å². The Morgan fingerprint density at radius 2 is 2.18 bits per heavy atom. The van der Waals surface area contributed by atoms with Crippen LogP contribution in [0.2, 0.25) is 0 Å². The van der Waals surface area contributed by atoms with Crippen LogP contribution in [-0.4, -0.2) is 22.5 Å². The quantitative estimate of drug-likeness (QED) is 0.515. The summed E-state index contributed by atoms with van der Waals surface area (Å²) < 4.78 is 4.45. The van der Waals surface area contributed by atoms with Crippen LogP contribution in [0.5, 0.6) is 11.5 Å². The first-order valence-corrected chi connectivity index (χ1v) is 2.72. The summed E-state index contributed by atoms with van der Waals surface area (Å²) >= 11 is 0. The predicted octanol–water partition coefficient (Wildman–Crippen LogP) is 0.547. The van der Waals surface area contributed by atoms with Gasteiger partial charge >= 0.3 is 0 Å². The average Bonchev–Trinajstić information content (AvgIpc) is 1.88. The van der Waals surface area contributed by atoms with E-state index in [0.29, 0.717) is 12.2 Å². The van der Waals surface area contributed by atoms with Crippen LogP contribution in [-0.2, 0) is 4.79 Å². The molecule has 0 aromatic heterocycles. The fraction of sp³-hybridized carbons (Fsp3) is 0. The van der Waals surface area contributed by atoms with Crippen molar-refractivity contribution in [2.24, 2.45) is 0 Å². The normalized spacial score (nSPS) is 8.00. The average molecular weight is 166 g/mol. The molecule has 0 unspecified atom stereocenters. The molecular weight excluding hydrogens is 160 g/mol. The molecule has 4 radical (unpaired) electrons. The van der Waals surface area contributed by atoms with Gasteiger partial charge in [-0.05, 0) is 12.1 Å². The van der Waals surface area contributed by atoms with Gasteiger partial charge in [-0.3, -0.25) is 4.79 Å². The van der Waals surface area contributed by atoms with Gasteiger partial charge < -0.3 is 9.84 Å². The van der Waals surface area contributed by atoms with Crippen molar-refractivity contribution in [3.05, 3.63) is 24.3 Å². The lowest BCUT2D eigenvalue weighted by atomic mass is 10.3. The maximum Gasteiger partial charge on any atom is 0.298 e. The van der Waals surface area contributed by atoms with Crippen LogP contribution in [0.1, 0.15) is 0 Å². The van der Waals surface area contributed by atoms with Crippen LogP contribution in [0.15, 0.2) is 24.3 Å². The third-order valence-corrected chi connectivity index (χ3v) is 1.00. The Hall–Kier alpha value is -1.29. The smallest absolute Gasteiger partial charge is 0.298 e. The zero-order chi connectivity index (χ0) is 7.40. The molecule has 56 valence electrons. The standard InChI is InChI=1S/C7H6O3.Si/c8-5-10-7-3-1-2-6(9)4-7;/h1-5,9H;. The van der Waals surface area contributed by atoms with Crippen molar-refractivity contribution in [1.29, 1.82) is 0 Å². The predicted molar refractivity (Wildman–Crippen MR) is 40.6 cm³/mol. The second-order valence-corrected chi connectivity index (χ2v) is 1.71. The van der Waals surface area contributed by atoms with Crippen LogP contribution >= 0.6 is 0 Å². The van der Waals surface area contributed by atoms with E-state index < -0.39 is 0 Å². The van der Waals surface area contributed by atoms with Crippen molar-refractivity contribution in [2.75, 3.05) is 0 Å². The van der Waals surface area contributed by atoms with Gasteiger partial charge in [0.2, 0.25) is 0 Å². The van der Waals surface area contributed by atoms with E-state index in [1.165, 1.54) is 12.1 Å². The van der Waals surface area contributed by atoms with Crippen molar-refractivity contribution in [1.82, 2.24) is 0 Å². The van der Waals surface area contributed by atoms with E-state index in [-0.39, 0.29) is 16.7 Å². The highest BCUT2D eigenvalue weighted by Gasteiger charge is 1.91. The highest BCUT2D eigenvalue weighted by molar-refractivity contribution is 5.75. The monoisotopic (exact) mass is 166 g/mol. The summed E-state index contributed by atoms with van der Waals surface area (Å²) in [6.45, 7) is 0.314. The molecule has 0 amide bonds. The van der Waals surface area contributed by atoms with E-state index in [2.05, 4.69) is 4.74 Å². The molecule has 0 aliphatic heterocycles. The minimum atomic E-state index is 0. The first-order valence-electron chi connectivity index (χ1n) is 2.72. The molecule has 0 heterocycles. The summed E-state index contributed by atoms with van der Waals surface area (Å²) in [5, 5.41) is 8.84. The van der Waals surface area contributed by atoms with Crippen molar-refractivity contribution in [2.45, 2.75) is 0 Å². The van der Waals surface area contributed by atoms with Gasteiger partial charge in [0.25, 0.3) is 6.47 Å². The van der Waals surface area contributed by atoms with Crippen LogP contribution in [0.3, 0.4) is 0 Å². The molecule has 0 saturated carbocycles. The highest BCUT2D eigenvalue weighted by Crippen LogP contribution is 2.16. The summed E-state index contributed by atoms with van der Waals surface area (Å²) in [7, 11) is 0. The topological polar surface area (TPSA) is 46.5 Å². The SMILES string of the molecule is O=COc1cccc(O)c1.[Si]. The Morgan fingerprint density at radius 3 is 2.73 bits per heavy atom. The number of carbonyl (C=O) groups is 1. The fourth-order valence-corrected chi connectivity index (χ4v) is 0.612. The number of ether oxygens (including phenoxy) is 1.